The summed E-state index contributed by atoms with van der Waals surface area (Å²) in [6.07, 6.45) is 2.31. The van der Waals surface area contributed by atoms with Crippen LogP contribution in [0, 0.1) is 11.7 Å². The van der Waals surface area contributed by atoms with Crippen molar-refractivity contribution in [3.8, 4) is 0 Å². The summed E-state index contributed by atoms with van der Waals surface area (Å²) in [5, 5.41) is 3.30. The van der Waals surface area contributed by atoms with E-state index in [1.54, 1.807) is 36.4 Å². The second-order valence-electron chi connectivity index (χ2n) is 8.43. The molecule has 1 atom stereocenters. The highest BCUT2D eigenvalue weighted by atomic mass is 32.2. The van der Waals surface area contributed by atoms with Gasteiger partial charge in [0.15, 0.2) is 0 Å². The Hall–Kier alpha value is -2.45. The molecular weight excluding hydrogens is 405 g/mol. The van der Waals surface area contributed by atoms with E-state index in [1.165, 1.54) is 6.07 Å². The normalized spacial score (nSPS) is 24.6. The van der Waals surface area contributed by atoms with Gasteiger partial charge in [-0.15, -0.1) is 0 Å². The predicted octanol–water partition coefficient (Wildman–Crippen LogP) is 2.83. The Kier molecular flexibility index (Phi) is 4.59. The van der Waals surface area contributed by atoms with E-state index in [1.807, 2.05) is 11.0 Å². The van der Waals surface area contributed by atoms with Gasteiger partial charge in [-0.2, -0.15) is 4.72 Å². The van der Waals surface area contributed by atoms with Gasteiger partial charge in [-0.1, -0.05) is 30.3 Å². The molecule has 3 aliphatic rings. The lowest BCUT2D eigenvalue weighted by Crippen LogP contribution is -2.53. The van der Waals surface area contributed by atoms with Gasteiger partial charge in [0.05, 0.1) is 17.3 Å². The van der Waals surface area contributed by atoms with E-state index < -0.39 is 21.6 Å². The Balaban J connectivity index is 1.28. The zero-order chi connectivity index (χ0) is 20.9. The third-order valence-corrected chi connectivity index (χ3v) is 8.12. The average molecular weight is 430 g/mol. The van der Waals surface area contributed by atoms with Crippen LogP contribution >= 0.6 is 0 Å². The molecule has 1 saturated heterocycles. The monoisotopic (exact) mass is 429 g/mol. The van der Waals surface area contributed by atoms with Crippen LogP contribution in [0.1, 0.15) is 31.2 Å². The first-order valence-corrected chi connectivity index (χ1v) is 11.8. The van der Waals surface area contributed by atoms with E-state index in [0.717, 1.165) is 0 Å². The smallest absolute Gasteiger partial charge is 0.244 e. The number of hydrogen-bond acceptors (Lipinski definition) is 4. The van der Waals surface area contributed by atoms with Gasteiger partial charge >= 0.3 is 0 Å². The summed E-state index contributed by atoms with van der Waals surface area (Å²) in [4.78, 5) is 15.3. The minimum atomic E-state index is -3.56. The Morgan fingerprint density at radius 2 is 1.70 bits per heavy atom. The van der Waals surface area contributed by atoms with Gasteiger partial charge in [0, 0.05) is 18.7 Å². The number of fused-ring (bicyclic) bond motifs is 1. The van der Waals surface area contributed by atoms with Gasteiger partial charge in [0.2, 0.25) is 15.9 Å². The second kappa shape index (κ2) is 7.06. The molecule has 0 radical (unpaired) electrons. The molecular formula is C22H24FN3O3S. The van der Waals surface area contributed by atoms with Crippen LogP contribution in [0.3, 0.4) is 0 Å². The molecule has 2 aromatic carbocycles. The van der Waals surface area contributed by atoms with Crippen LogP contribution in [0.15, 0.2) is 53.4 Å². The lowest BCUT2D eigenvalue weighted by molar-refractivity contribution is -0.135. The number of nitrogens with zero attached hydrogens (tertiary/aromatic N) is 1. The standard InChI is InChI=1S/C22H24FN3O3S/c23-17-6-2-1-5-16(17)22(11-12-22)21(27)26-13-9-15(10-14-26)20-24-18-7-3-4-8-19(18)30(28,29)25-20/h1-8,15,20,24-25H,9-14H2. The molecule has 0 aromatic heterocycles. The molecule has 0 bridgehead atoms. The zero-order valence-corrected chi connectivity index (χ0v) is 17.3. The molecule has 0 spiro atoms. The van der Waals surface area contributed by atoms with Gasteiger partial charge < -0.3 is 10.2 Å². The molecule has 30 heavy (non-hydrogen) atoms. The molecule has 6 nitrogen and oxygen atoms in total. The molecule has 2 aromatic rings. The highest BCUT2D eigenvalue weighted by molar-refractivity contribution is 7.89. The number of likely N-dealkylation sites (tertiary alicyclic amines) is 1. The maximum absolute atomic E-state index is 14.3. The minimum absolute atomic E-state index is 0.00594. The fourth-order valence-corrected chi connectivity index (χ4v) is 6.16. The van der Waals surface area contributed by atoms with Gasteiger partial charge in [-0.05, 0) is 49.8 Å². The summed E-state index contributed by atoms with van der Waals surface area (Å²) >= 11 is 0. The van der Waals surface area contributed by atoms with Crippen LogP contribution in [0.4, 0.5) is 10.1 Å². The number of amides is 1. The average Bonchev–Trinajstić information content (AvgIpc) is 3.55. The number of rotatable bonds is 3. The number of carbonyl (C=O) groups excluding carboxylic acids is 1. The van der Waals surface area contributed by atoms with Crippen LogP contribution in [0.5, 0.6) is 0 Å². The summed E-state index contributed by atoms with van der Waals surface area (Å²) in [6, 6.07) is 13.4. The van der Waals surface area contributed by atoms with Crippen molar-refractivity contribution in [2.24, 2.45) is 5.92 Å². The van der Waals surface area contributed by atoms with Crippen LogP contribution in [0.25, 0.3) is 0 Å². The van der Waals surface area contributed by atoms with Crippen molar-refractivity contribution in [2.45, 2.75) is 42.2 Å². The number of halogens is 1. The molecule has 1 unspecified atom stereocenters. The van der Waals surface area contributed by atoms with Crippen molar-refractivity contribution >= 4 is 21.6 Å². The number of benzene rings is 2. The Bertz CT molecular complexity index is 1090. The number of piperidine rings is 1. The van der Waals surface area contributed by atoms with Crippen LogP contribution < -0.4 is 10.0 Å². The summed E-state index contributed by atoms with van der Waals surface area (Å²) in [7, 11) is -3.56. The topological polar surface area (TPSA) is 78.5 Å². The molecule has 2 aliphatic heterocycles. The molecule has 1 saturated carbocycles. The molecule has 158 valence electrons. The van der Waals surface area contributed by atoms with Crippen molar-refractivity contribution in [1.29, 1.82) is 0 Å². The number of nitrogens with one attached hydrogen (secondary N) is 2. The first-order valence-electron chi connectivity index (χ1n) is 10.3. The van der Waals surface area contributed by atoms with E-state index >= 15 is 0 Å². The van der Waals surface area contributed by atoms with Gasteiger partial charge in [-0.25, -0.2) is 12.8 Å². The van der Waals surface area contributed by atoms with Crippen LogP contribution in [0.2, 0.25) is 0 Å². The first-order chi connectivity index (χ1) is 14.4. The van der Waals surface area contributed by atoms with E-state index in [2.05, 4.69) is 10.0 Å². The third kappa shape index (κ3) is 3.18. The number of anilines is 1. The lowest BCUT2D eigenvalue weighted by Gasteiger charge is -2.39. The lowest BCUT2D eigenvalue weighted by atomic mass is 9.90. The molecule has 2 fully saturated rings. The highest BCUT2D eigenvalue weighted by Crippen LogP contribution is 2.50. The summed E-state index contributed by atoms with van der Waals surface area (Å²) < 4.78 is 42.2. The number of para-hydroxylation sites is 1. The zero-order valence-electron chi connectivity index (χ0n) is 16.5. The van der Waals surface area contributed by atoms with Crippen molar-refractivity contribution in [1.82, 2.24) is 9.62 Å². The molecule has 2 N–H and O–H groups in total. The summed E-state index contributed by atoms with van der Waals surface area (Å²) in [5.74, 6) is -0.257. The van der Waals surface area contributed by atoms with Crippen LogP contribution in [-0.2, 0) is 20.2 Å². The SMILES string of the molecule is O=C(N1CCC(C2Nc3ccccc3S(=O)(=O)N2)CC1)C1(c2ccccc2F)CC1. The fourth-order valence-electron chi connectivity index (χ4n) is 4.77. The molecule has 5 rings (SSSR count). The van der Waals surface area contributed by atoms with Gasteiger partial charge in [-0.3, -0.25) is 4.79 Å². The first kappa shape index (κ1) is 19.5. The number of carbonyl (C=O) groups is 1. The highest BCUT2D eigenvalue weighted by Gasteiger charge is 2.54. The Labute approximate surface area is 175 Å². The molecule has 8 heteroatoms. The second-order valence-corrected chi connectivity index (χ2v) is 10.1. The summed E-state index contributed by atoms with van der Waals surface area (Å²) in [6.45, 7) is 1.09. The van der Waals surface area contributed by atoms with E-state index in [4.69, 9.17) is 0 Å². The Morgan fingerprint density at radius 3 is 2.40 bits per heavy atom. The Morgan fingerprint density at radius 1 is 1.03 bits per heavy atom. The third-order valence-electron chi connectivity index (χ3n) is 6.62. The molecule has 1 aliphatic carbocycles. The molecule has 1 amide bonds. The van der Waals surface area contributed by atoms with E-state index in [-0.39, 0.29) is 22.5 Å². The molecule has 2 heterocycles. The van der Waals surface area contributed by atoms with Gasteiger partial charge in [0.1, 0.15) is 10.7 Å². The van der Waals surface area contributed by atoms with Crippen molar-refractivity contribution in [2.75, 3.05) is 18.4 Å². The van der Waals surface area contributed by atoms with Crippen molar-refractivity contribution < 1.29 is 17.6 Å². The fraction of sp³-hybridized carbons (Fsp3) is 0.409. The number of hydrogen-bond donors (Lipinski definition) is 2. The van der Waals surface area contributed by atoms with Gasteiger partial charge in [0.25, 0.3) is 0 Å². The van der Waals surface area contributed by atoms with E-state index in [0.29, 0.717) is 50.0 Å². The largest absolute Gasteiger partial charge is 0.368 e. The van der Waals surface area contributed by atoms with Crippen LogP contribution in [-0.4, -0.2) is 38.5 Å². The van der Waals surface area contributed by atoms with E-state index in [9.17, 15) is 17.6 Å². The quantitative estimate of drug-likeness (QED) is 0.787. The minimum Gasteiger partial charge on any atom is -0.368 e. The van der Waals surface area contributed by atoms with Crippen molar-refractivity contribution in [3.05, 3.63) is 59.9 Å². The maximum atomic E-state index is 14.3. The van der Waals surface area contributed by atoms with Crippen molar-refractivity contribution in [3.63, 3.8) is 0 Å². The predicted molar refractivity (Wildman–Crippen MR) is 111 cm³/mol. The summed E-state index contributed by atoms with van der Waals surface area (Å²) in [5.41, 5.74) is 0.383. The number of sulfonamides is 1. The maximum Gasteiger partial charge on any atom is 0.244 e.